The number of pyridine rings is 1. The molecule has 2 aromatic heterocycles. The Balaban J connectivity index is 1.38. The average Bonchev–Trinajstić information content (AvgIpc) is 3.34. The van der Waals surface area contributed by atoms with Gasteiger partial charge in [0.2, 0.25) is 0 Å². The molecule has 1 saturated heterocycles. The van der Waals surface area contributed by atoms with Crippen LogP contribution in [0.2, 0.25) is 5.02 Å². The number of hydrogen-bond acceptors (Lipinski definition) is 5. The lowest BCUT2D eigenvalue weighted by atomic mass is 9.80. The topological polar surface area (TPSA) is 62.7 Å². The molecular formula is C27H29ClN2O3S. The van der Waals surface area contributed by atoms with E-state index in [-0.39, 0.29) is 12.3 Å². The van der Waals surface area contributed by atoms with Crippen molar-refractivity contribution in [1.29, 1.82) is 0 Å². The smallest absolute Gasteiger partial charge is 0.303 e. The fourth-order valence-electron chi connectivity index (χ4n) is 4.85. The highest BCUT2D eigenvalue weighted by Crippen LogP contribution is 2.33. The van der Waals surface area contributed by atoms with E-state index in [1.54, 1.807) is 24.6 Å². The summed E-state index contributed by atoms with van der Waals surface area (Å²) in [6.45, 7) is 2.42. The number of aromatic nitrogens is 1. The number of ether oxygens (including phenoxy) is 1. The number of carboxylic acids is 1. The van der Waals surface area contributed by atoms with Crippen molar-refractivity contribution < 1.29 is 14.6 Å². The summed E-state index contributed by atoms with van der Waals surface area (Å²) in [5.74, 6) is 7.04. The second-order valence-electron chi connectivity index (χ2n) is 8.78. The van der Waals surface area contributed by atoms with Crippen molar-refractivity contribution in [3.05, 3.63) is 57.4 Å². The number of aliphatic carboxylic acids is 1. The van der Waals surface area contributed by atoms with E-state index in [4.69, 9.17) is 16.3 Å². The maximum absolute atomic E-state index is 11.6. The number of fused-ring (bicyclic) bond motifs is 1. The number of hydrogen-bond donors (Lipinski definition) is 1. The minimum absolute atomic E-state index is 0.138. The Morgan fingerprint density at radius 1 is 1.35 bits per heavy atom. The molecule has 5 nitrogen and oxygen atoms in total. The van der Waals surface area contributed by atoms with E-state index in [9.17, 15) is 9.90 Å². The molecule has 0 spiro atoms. The van der Waals surface area contributed by atoms with Crippen LogP contribution in [0.3, 0.4) is 0 Å². The van der Waals surface area contributed by atoms with Gasteiger partial charge in [-0.2, -0.15) is 0 Å². The lowest BCUT2D eigenvalue weighted by molar-refractivity contribution is -0.139. The van der Waals surface area contributed by atoms with Crippen molar-refractivity contribution in [2.45, 2.75) is 32.1 Å². The molecule has 0 bridgehead atoms. The lowest BCUT2D eigenvalue weighted by Crippen LogP contribution is -2.41. The molecule has 0 aliphatic carbocycles. The first-order valence-corrected chi connectivity index (χ1v) is 12.9. The Morgan fingerprint density at radius 3 is 3.00 bits per heavy atom. The number of thiophene rings is 1. The summed E-state index contributed by atoms with van der Waals surface area (Å²) < 4.78 is 5.39. The molecular weight excluding hydrogens is 468 g/mol. The van der Waals surface area contributed by atoms with Gasteiger partial charge in [-0.1, -0.05) is 29.5 Å². The van der Waals surface area contributed by atoms with Crippen LogP contribution in [0.5, 0.6) is 5.75 Å². The zero-order valence-electron chi connectivity index (χ0n) is 19.3. The molecule has 3 aromatic rings. The maximum atomic E-state index is 11.6. The highest BCUT2D eigenvalue weighted by molar-refractivity contribution is 7.10. The largest absolute Gasteiger partial charge is 0.497 e. The van der Waals surface area contributed by atoms with Gasteiger partial charge in [-0.3, -0.25) is 14.7 Å². The number of carboxylic acid groups (broad SMARTS) is 1. The molecule has 0 unspecified atom stereocenters. The highest BCUT2D eigenvalue weighted by Gasteiger charge is 2.30. The zero-order chi connectivity index (χ0) is 23.9. The first-order chi connectivity index (χ1) is 16.5. The molecule has 1 aromatic carbocycles. The second-order valence-corrected chi connectivity index (χ2v) is 10.1. The summed E-state index contributed by atoms with van der Waals surface area (Å²) >= 11 is 8.16. The summed E-state index contributed by atoms with van der Waals surface area (Å²) in [6.07, 6.45) is 5.69. The number of piperidine rings is 1. The number of rotatable bonds is 8. The van der Waals surface area contributed by atoms with Gasteiger partial charge in [0.15, 0.2) is 0 Å². The molecule has 178 valence electrons. The number of benzene rings is 1. The van der Waals surface area contributed by atoms with Crippen molar-refractivity contribution in [3.8, 4) is 17.6 Å². The Hall–Kier alpha value is -2.59. The normalized spacial score (nSPS) is 18.4. The molecule has 2 atom stereocenters. The molecule has 1 fully saturated rings. The third kappa shape index (κ3) is 6.29. The molecule has 1 N–H and O–H groups in total. The molecule has 0 radical (unpaired) electrons. The number of halogens is 1. The van der Waals surface area contributed by atoms with Crippen LogP contribution >= 0.6 is 22.9 Å². The van der Waals surface area contributed by atoms with E-state index in [1.165, 1.54) is 0 Å². The fourth-order valence-corrected chi connectivity index (χ4v) is 5.68. The third-order valence-electron chi connectivity index (χ3n) is 6.58. The molecule has 34 heavy (non-hydrogen) atoms. The predicted molar refractivity (Wildman–Crippen MR) is 138 cm³/mol. The number of methoxy groups -OCH3 is 1. The Morgan fingerprint density at radius 2 is 2.24 bits per heavy atom. The van der Waals surface area contributed by atoms with Crippen LogP contribution in [-0.4, -0.2) is 47.7 Å². The first-order valence-electron chi connectivity index (χ1n) is 11.6. The van der Waals surface area contributed by atoms with Crippen LogP contribution in [0.15, 0.2) is 41.9 Å². The van der Waals surface area contributed by atoms with E-state index in [0.717, 1.165) is 65.9 Å². The first kappa shape index (κ1) is 24.5. The van der Waals surface area contributed by atoms with Gasteiger partial charge in [0.25, 0.3) is 0 Å². The average molecular weight is 497 g/mol. The molecule has 4 rings (SSSR count). The molecule has 7 heteroatoms. The number of likely N-dealkylation sites (tertiary alicyclic amines) is 1. The van der Waals surface area contributed by atoms with Crippen molar-refractivity contribution in [3.63, 3.8) is 0 Å². The van der Waals surface area contributed by atoms with Crippen molar-refractivity contribution in [2.75, 3.05) is 26.7 Å². The summed E-state index contributed by atoms with van der Waals surface area (Å²) in [4.78, 5) is 19.4. The molecule has 3 heterocycles. The molecule has 1 aliphatic heterocycles. The standard InChI is InChI=1S/C27H29ClN2O3S/c1-33-21-9-10-26-24(16-21)23(25(28)17-29-26)8-2-5-19-11-13-30(18-20(19)15-27(31)32)12-3-6-22-7-4-14-34-22/h4,7,9-10,14,16-17,19-20H,2,5,8,11-13,15,18H2,1H3,(H,31,32)/t19-,20-/m1/s1. The van der Waals surface area contributed by atoms with Gasteiger partial charge < -0.3 is 9.84 Å². The summed E-state index contributed by atoms with van der Waals surface area (Å²) in [6, 6.07) is 9.87. The fraction of sp³-hybridized carbons (Fsp3) is 0.407. The van der Waals surface area contributed by atoms with Crippen molar-refractivity contribution in [2.24, 2.45) is 11.8 Å². The molecule has 1 aliphatic rings. The van der Waals surface area contributed by atoms with E-state index in [0.29, 0.717) is 17.5 Å². The van der Waals surface area contributed by atoms with Crippen molar-refractivity contribution in [1.82, 2.24) is 9.88 Å². The second kappa shape index (κ2) is 11.7. The Kier molecular flexibility index (Phi) is 8.44. The lowest BCUT2D eigenvalue weighted by Gasteiger charge is -2.37. The van der Waals surface area contributed by atoms with E-state index < -0.39 is 5.97 Å². The maximum Gasteiger partial charge on any atom is 0.303 e. The predicted octanol–water partition coefficient (Wildman–Crippen LogP) is 5.75. The van der Waals surface area contributed by atoms with Gasteiger partial charge in [0.1, 0.15) is 5.75 Å². The monoisotopic (exact) mass is 496 g/mol. The summed E-state index contributed by atoms with van der Waals surface area (Å²) in [5.41, 5.74) is 1.99. The van der Waals surface area contributed by atoms with E-state index in [1.807, 2.05) is 35.7 Å². The number of nitrogens with zero attached hydrogens (tertiary/aromatic N) is 2. The summed E-state index contributed by atoms with van der Waals surface area (Å²) in [5, 5.41) is 13.2. The van der Waals surface area contributed by atoms with Crippen LogP contribution < -0.4 is 4.74 Å². The van der Waals surface area contributed by atoms with Gasteiger partial charge >= 0.3 is 5.97 Å². The van der Waals surface area contributed by atoms with Gasteiger partial charge in [-0.25, -0.2) is 0 Å². The van der Waals surface area contributed by atoms with Crippen LogP contribution in [-0.2, 0) is 11.2 Å². The minimum Gasteiger partial charge on any atom is -0.497 e. The molecule has 0 saturated carbocycles. The minimum atomic E-state index is -0.725. The van der Waals surface area contributed by atoms with Crippen LogP contribution in [0.1, 0.15) is 36.1 Å². The van der Waals surface area contributed by atoms with E-state index in [2.05, 4.69) is 21.7 Å². The third-order valence-corrected chi connectivity index (χ3v) is 7.69. The Labute approximate surface area is 209 Å². The van der Waals surface area contributed by atoms with Crippen LogP contribution in [0.4, 0.5) is 0 Å². The number of carbonyl (C=O) groups is 1. The van der Waals surface area contributed by atoms with Crippen LogP contribution in [0.25, 0.3) is 10.9 Å². The quantitative estimate of drug-likeness (QED) is 0.402. The van der Waals surface area contributed by atoms with Gasteiger partial charge in [-0.15, -0.1) is 11.3 Å². The SMILES string of the molecule is COc1ccc2ncc(Cl)c(CCC[C@@H]3CCN(CC#Cc4cccs4)C[C@H]3CC(=O)O)c2c1. The van der Waals surface area contributed by atoms with Gasteiger partial charge in [0, 0.05) is 24.5 Å². The molecule has 0 amide bonds. The van der Waals surface area contributed by atoms with Gasteiger partial charge in [-0.05, 0) is 79.3 Å². The van der Waals surface area contributed by atoms with E-state index >= 15 is 0 Å². The Bertz CT molecular complexity index is 1190. The highest BCUT2D eigenvalue weighted by atomic mass is 35.5. The van der Waals surface area contributed by atoms with Gasteiger partial charge in [0.05, 0.1) is 29.1 Å². The van der Waals surface area contributed by atoms with Crippen molar-refractivity contribution >= 4 is 39.8 Å². The zero-order valence-corrected chi connectivity index (χ0v) is 20.9. The van der Waals surface area contributed by atoms with Crippen LogP contribution in [0, 0.1) is 23.7 Å². The number of aryl methyl sites for hydroxylation is 1. The summed E-state index contributed by atoms with van der Waals surface area (Å²) in [7, 11) is 1.65.